The van der Waals surface area contributed by atoms with Crippen LogP contribution in [-0.4, -0.2) is 18.0 Å². The molecule has 0 aliphatic rings. The fourth-order valence-corrected chi connectivity index (χ4v) is 4.94. The zero-order valence-corrected chi connectivity index (χ0v) is 21.6. The number of hydrogen-bond donors (Lipinski definition) is 2. The minimum Gasteiger partial charge on any atom is -0.344 e. The van der Waals surface area contributed by atoms with Gasteiger partial charge in [-0.25, -0.2) is 4.39 Å². The predicted molar refractivity (Wildman–Crippen MR) is 133 cm³/mol. The molecular weight excluding hydrogens is 413 g/mol. The summed E-state index contributed by atoms with van der Waals surface area (Å²) in [4.78, 5) is 0. The lowest BCUT2D eigenvalue weighted by Crippen LogP contribution is -2.33. The van der Waals surface area contributed by atoms with E-state index in [4.69, 9.17) is 0 Å². The van der Waals surface area contributed by atoms with Gasteiger partial charge in [0.25, 0.3) is 10.1 Å². The van der Waals surface area contributed by atoms with E-state index in [1.54, 1.807) is 0 Å². The first kappa shape index (κ1) is 33.0. The second-order valence-corrected chi connectivity index (χ2v) is 10.9. The van der Waals surface area contributed by atoms with E-state index in [2.05, 4.69) is 13.8 Å². The standard InChI is InChI=1S/C25H51FO3S.H3N/c1-3-5-7-9-11-13-14-16-18-20-22-24-25(26,30(27,28)29)23-21-19-17-15-12-10-8-6-4-2;/h3-24H2,1-2H3,(H,27,28,29);1H3. The number of halogens is 1. The van der Waals surface area contributed by atoms with Crippen molar-refractivity contribution in [2.24, 2.45) is 0 Å². The highest BCUT2D eigenvalue weighted by Gasteiger charge is 2.42. The van der Waals surface area contributed by atoms with E-state index in [-0.39, 0.29) is 19.0 Å². The summed E-state index contributed by atoms with van der Waals surface area (Å²) in [6.07, 6.45) is 22.2. The van der Waals surface area contributed by atoms with Gasteiger partial charge >= 0.3 is 0 Å². The molecule has 31 heavy (non-hydrogen) atoms. The molecule has 1 unspecified atom stereocenters. The van der Waals surface area contributed by atoms with Crippen molar-refractivity contribution < 1.29 is 17.4 Å². The van der Waals surface area contributed by atoms with Crippen LogP contribution in [0.2, 0.25) is 0 Å². The molecule has 190 valence electrons. The summed E-state index contributed by atoms with van der Waals surface area (Å²) in [7, 11) is -4.65. The van der Waals surface area contributed by atoms with Crippen molar-refractivity contribution in [3.05, 3.63) is 0 Å². The lowest BCUT2D eigenvalue weighted by Gasteiger charge is -2.22. The van der Waals surface area contributed by atoms with Crippen LogP contribution in [0.5, 0.6) is 0 Å². The van der Waals surface area contributed by atoms with E-state index < -0.39 is 15.1 Å². The highest BCUT2D eigenvalue weighted by atomic mass is 32.2. The Kier molecular flexibility index (Phi) is 23.0. The summed E-state index contributed by atoms with van der Waals surface area (Å²) in [6, 6.07) is 0. The van der Waals surface area contributed by atoms with Gasteiger partial charge in [-0.3, -0.25) is 4.55 Å². The van der Waals surface area contributed by atoms with Crippen LogP contribution in [0.25, 0.3) is 0 Å². The molecule has 4 N–H and O–H groups in total. The van der Waals surface area contributed by atoms with Crippen LogP contribution in [0.1, 0.15) is 155 Å². The Bertz CT molecular complexity index is 473. The van der Waals surface area contributed by atoms with E-state index in [9.17, 15) is 17.4 Å². The third kappa shape index (κ3) is 19.0. The summed E-state index contributed by atoms with van der Waals surface area (Å²) >= 11 is 0. The van der Waals surface area contributed by atoms with Crippen molar-refractivity contribution in [3.63, 3.8) is 0 Å². The molecule has 4 nitrogen and oxygen atoms in total. The first-order chi connectivity index (χ1) is 14.4. The second kappa shape index (κ2) is 21.6. The molecule has 0 saturated carbocycles. The molecule has 0 bridgehead atoms. The van der Waals surface area contributed by atoms with Crippen LogP contribution in [0.15, 0.2) is 0 Å². The van der Waals surface area contributed by atoms with Gasteiger partial charge in [0.15, 0.2) is 0 Å². The van der Waals surface area contributed by atoms with Crippen molar-refractivity contribution in [1.82, 2.24) is 6.15 Å². The van der Waals surface area contributed by atoms with Crippen molar-refractivity contribution >= 4 is 10.1 Å². The molecule has 0 radical (unpaired) electrons. The van der Waals surface area contributed by atoms with Gasteiger partial charge in [-0.1, -0.05) is 129 Å². The van der Waals surface area contributed by atoms with E-state index in [1.165, 1.54) is 77.0 Å². The molecule has 1 atom stereocenters. The molecule has 0 aromatic heterocycles. The molecule has 0 saturated heterocycles. The molecule has 0 aromatic carbocycles. The number of unbranched alkanes of at least 4 members (excludes halogenated alkanes) is 18. The van der Waals surface area contributed by atoms with Crippen molar-refractivity contribution in [1.29, 1.82) is 0 Å². The maximum atomic E-state index is 15.0. The van der Waals surface area contributed by atoms with Crippen LogP contribution in [0.3, 0.4) is 0 Å². The van der Waals surface area contributed by atoms with E-state index in [0.717, 1.165) is 38.5 Å². The van der Waals surface area contributed by atoms with E-state index in [0.29, 0.717) is 12.8 Å². The van der Waals surface area contributed by atoms with Gasteiger partial charge in [0.2, 0.25) is 5.00 Å². The highest BCUT2D eigenvalue weighted by Crippen LogP contribution is 2.32. The van der Waals surface area contributed by atoms with Crippen LogP contribution in [0, 0.1) is 0 Å². The number of hydrogen-bond acceptors (Lipinski definition) is 3. The molecule has 0 heterocycles. The summed E-state index contributed by atoms with van der Waals surface area (Å²) < 4.78 is 47.6. The molecule has 0 aliphatic heterocycles. The average Bonchev–Trinajstić information content (AvgIpc) is 2.70. The Morgan fingerprint density at radius 3 is 1.00 bits per heavy atom. The molecule has 0 rings (SSSR count). The summed E-state index contributed by atoms with van der Waals surface area (Å²) in [5, 5.41) is -2.45. The number of alkyl halides is 1. The van der Waals surface area contributed by atoms with Gasteiger partial charge in [-0.15, -0.1) is 0 Å². The Morgan fingerprint density at radius 1 is 0.548 bits per heavy atom. The lowest BCUT2D eigenvalue weighted by atomic mass is 10.0. The zero-order valence-electron chi connectivity index (χ0n) is 20.8. The summed E-state index contributed by atoms with van der Waals surface area (Å²) in [5.74, 6) is 0. The fraction of sp³-hybridized carbons (Fsp3) is 1.00. The molecule has 0 aliphatic carbocycles. The zero-order chi connectivity index (χ0) is 22.6. The van der Waals surface area contributed by atoms with Gasteiger partial charge in [-0.2, -0.15) is 8.42 Å². The maximum Gasteiger partial charge on any atom is 0.300 e. The Hall–Kier alpha value is -0.200. The molecular formula is C25H54FNO3S. The molecule has 0 spiro atoms. The first-order valence-corrected chi connectivity index (χ1v) is 14.5. The number of rotatable bonds is 23. The molecule has 0 amide bonds. The molecule has 0 aromatic rings. The Labute approximate surface area is 193 Å². The SMILES string of the molecule is CCCCCCCCCCCCCC(F)(CCCCCCCCCCC)S(=O)(=O)O.N. The topological polar surface area (TPSA) is 89.4 Å². The molecule has 6 heteroatoms. The second-order valence-electron chi connectivity index (χ2n) is 9.22. The van der Waals surface area contributed by atoms with Crippen LogP contribution in [0.4, 0.5) is 4.39 Å². The van der Waals surface area contributed by atoms with Gasteiger partial charge in [-0.05, 0) is 25.7 Å². The smallest absolute Gasteiger partial charge is 0.300 e. The third-order valence-electron chi connectivity index (χ3n) is 6.27. The minimum atomic E-state index is -4.65. The maximum absolute atomic E-state index is 15.0. The first-order valence-electron chi connectivity index (χ1n) is 13.0. The van der Waals surface area contributed by atoms with Crippen LogP contribution < -0.4 is 6.15 Å². The summed E-state index contributed by atoms with van der Waals surface area (Å²) in [6.45, 7) is 4.43. The Morgan fingerprint density at radius 2 is 0.774 bits per heavy atom. The Balaban J connectivity index is 0. The van der Waals surface area contributed by atoms with Crippen molar-refractivity contribution in [2.75, 3.05) is 0 Å². The van der Waals surface area contributed by atoms with Gasteiger partial charge in [0.05, 0.1) is 0 Å². The monoisotopic (exact) mass is 467 g/mol. The van der Waals surface area contributed by atoms with Gasteiger partial charge < -0.3 is 6.15 Å². The summed E-state index contributed by atoms with van der Waals surface area (Å²) in [5.41, 5.74) is 0. The quantitative estimate of drug-likeness (QED) is 0.116. The predicted octanol–water partition coefficient (Wildman–Crippen LogP) is 9.32. The van der Waals surface area contributed by atoms with Gasteiger partial charge in [0, 0.05) is 0 Å². The third-order valence-corrected chi connectivity index (χ3v) is 7.60. The largest absolute Gasteiger partial charge is 0.344 e. The average molecular weight is 468 g/mol. The lowest BCUT2D eigenvalue weighted by molar-refractivity contribution is 0.203. The normalized spacial score (nSPS) is 13.7. The van der Waals surface area contributed by atoms with Crippen molar-refractivity contribution in [3.8, 4) is 0 Å². The van der Waals surface area contributed by atoms with E-state index >= 15 is 0 Å². The van der Waals surface area contributed by atoms with Crippen LogP contribution in [-0.2, 0) is 10.1 Å². The van der Waals surface area contributed by atoms with Crippen LogP contribution >= 0.6 is 0 Å². The minimum absolute atomic E-state index is 0. The fourth-order valence-electron chi connectivity index (χ4n) is 4.14. The highest BCUT2D eigenvalue weighted by molar-refractivity contribution is 7.87. The van der Waals surface area contributed by atoms with Crippen molar-refractivity contribution in [2.45, 2.75) is 160 Å². The molecule has 0 fully saturated rings. The van der Waals surface area contributed by atoms with Gasteiger partial charge in [0.1, 0.15) is 0 Å². The van der Waals surface area contributed by atoms with E-state index in [1.807, 2.05) is 0 Å².